The van der Waals surface area contributed by atoms with Gasteiger partial charge in [0.15, 0.2) is 0 Å². The van der Waals surface area contributed by atoms with Crippen molar-refractivity contribution in [2.45, 2.75) is 25.9 Å². The van der Waals surface area contributed by atoms with Gasteiger partial charge in [-0.3, -0.25) is 0 Å². The first-order valence-electron chi connectivity index (χ1n) is 5.07. The molecule has 3 heteroatoms. The van der Waals surface area contributed by atoms with E-state index in [1.165, 1.54) is 0 Å². The van der Waals surface area contributed by atoms with Crippen molar-refractivity contribution in [1.82, 2.24) is 0 Å². The molecule has 1 unspecified atom stereocenters. The Balaban J connectivity index is 3.10. The Morgan fingerprint density at radius 2 is 2.07 bits per heavy atom. The first kappa shape index (κ1) is 12.4. The molecular formula is C12H18O2S. The summed E-state index contributed by atoms with van der Waals surface area (Å²) in [5.41, 5.74) is 2.02. The molecule has 1 rings (SSSR count). The van der Waals surface area contributed by atoms with E-state index in [1.54, 1.807) is 7.11 Å². The highest BCUT2D eigenvalue weighted by Crippen LogP contribution is 2.29. The van der Waals surface area contributed by atoms with Crippen molar-refractivity contribution in [2.24, 2.45) is 0 Å². The van der Waals surface area contributed by atoms with Crippen LogP contribution in [0.4, 0.5) is 0 Å². The molecule has 0 aliphatic carbocycles. The zero-order chi connectivity index (χ0) is 11.4. The highest BCUT2D eigenvalue weighted by atomic mass is 32.1. The van der Waals surface area contributed by atoms with Crippen molar-refractivity contribution >= 4 is 12.6 Å². The molecule has 1 aromatic carbocycles. The highest BCUT2D eigenvalue weighted by Gasteiger charge is 2.11. The van der Waals surface area contributed by atoms with Gasteiger partial charge in [0.05, 0.1) is 13.2 Å². The minimum Gasteiger partial charge on any atom is -0.496 e. The maximum atomic E-state index is 9.68. The maximum absolute atomic E-state index is 9.68. The van der Waals surface area contributed by atoms with Gasteiger partial charge in [-0.15, -0.1) is 0 Å². The molecule has 1 N–H and O–H groups in total. The fraction of sp³-hybridized carbons (Fsp3) is 0.500. The average Bonchev–Trinajstić information content (AvgIpc) is 2.27. The number of thiol groups is 1. The molecule has 0 fully saturated rings. The summed E-state index contributed by atoms with van der Waals surface area (Å²) in [5, 5.41) is 9.68. The third kappa shape index (κ3) is 2.89. The van der Waals surface area contributed by atoms with Gasteiger partial charge in [0.25, 0.3) is 0 Å². The summed E-state index contributed by atoms with van der Waals surface area (Å²) in [6.45, 7) is 4.21. The molecule has 0 spiro atoms. The number of hydrogen-bond acceptors (Lipinski definition) is 3. The van der Waals surface area contributed by atoms with Crippen LogP contribution in [0.3, 0.4) is 0 Å². The topological polar surface area (TPSA) is 29.5 Å². The summed E-state index contributed by atoms with van der Waals surface area (Å²) in [5.74, 6) is 1.69. The van der Waals surface area contributed by atoms with Crippen LogP contribution in [0, 0.1) is 0 Å². The van der Waals surface area contributed by atoms with E-state index >= 15 is 0 Å². The van der Waals surface area contributed by atoms with Gasteiger partial charge in [-0.1, -0.05) is 19.9 Å². The predicted octanol–water partition coefficient (Wildman–Crippen LogP) is 2.78. The molecule has 0 bridgehead atoms. The molecule has 2 nitrogen and oxygen atoms in total. The van der Waals surface area contributed by atoms with E-state index in [2.05, 4.69) is 26.5 Å². The number of methoxy groups -OCH3 is 1. The van der Waals surface area contributed by atoms with Crippen LogP contribution in [0.15, 0.2) is 18.2 Å². The lowest BCUT2D eigenvalue weighted by Gasteiger charge is -2.15. The summed E-state index contributed by atoms with van der Waals surface area (Å²) in [4.78, 5) is 0. The third-order valence-corrected chi connectivity index (χ3v) is 2.78. The molecular weight excluding hydrogens is 208 g/mol. The Morgan fingerprint density at radius 1 is 1.40 bits per heavy atom. The van der Waals surface area contributed by atoms with E-state index < -0.39 is 6.10 Å². The minimum atomic E-state index is -0.503. The van der Waals surface area contributed by atoms with Gasteiger partial charge in [-0.05, 0) is 29.2 Å². The SMILES string of the molecule is COc1ccc(C(O)CS)cc1C(C)C. The number of rotatable bonds is 4. The Hall–Kier alpha value is -0.670. The molecule has 0 aromatic heterocycles. The number of benzene rings is 1. The minimum absolute atomic E-state index is 0.381. The molecule has 84 valence electrons. The van der Waals surface area contributed by atoms with E-state index in [-0.39, 0.29) is 0 Å². The molecule has 0 saturated carbocycles. The largest absolute Gasteiger partial charge is 0.496 e. The van der Waals surface area contributed by atoms with Crippen molar-refractivity contribution in [3.05, 3.63) is 29.3 Å². The van der Waals surface area contributed by atoms with Gasteiger partial charge in [-0.2, -0.15) is 12.6 Å². The smallest absolute Gasteiger partial charge is 0.122 e. The Bertz CT molecular complexity index is 323. The highest BCUT2D eigenvalue weighted by molar-refractivity contribution is 7.80. The Kier molecular flexibility index (Phi) is 4.48. The summed E-state index contributed by atoms with van der Waals surface area (Å²) in [6.07, 6.45) is -0.503. The quantitative estimate of drug-likeness (QED) is 0.773. The molecule has 15 heavy (non-hydrogen) atoms. The second-order valence-corrected chi connectivity index (χ2v) is 4.22. The van der Waals surface area contributed by atoms with Crippen molar-refractivity contribution in [3.8, 4) is 5.75 Å². The standard InChI is InChI=1S/C12H18O2S/c1-8(2)10-6-9(11(13)7-15)4-5-12(10)14-3/h4-6,8,11,13,15H,7H2,1-3H3. The lowest BCUT2D eigenvalue weighted by molar-refractivity contribution is 0.204. The van der Waals surface area contributed by atoms with Crippen LogP contribution in [0.5, 0.6) is 5.75 Å². The van der Waals surface area contributed by atoms with Crippen molar-refractivity contribution in [1.29, 1.82) is 0 Å². The number of aliphatic hydroxyl groups is 1. The number of aliphatic hydroxyl groups excluding tert-OH is 1. The van der Waals surface area contributed by atoms with Gasteiger partial charge >= 0.3 is 0 Å². The fourth-order valence-corrected chi connectivity index (χ4v) is 1.73. The summed E-state index contributed by atoms with van der Waals surface area (Å²) < 4.78 is 5.27. The van der Waals surface area contributed by atoms with Crippen LogP contribution in [-0.2, 0) is 0 Å². The number of hydrogen-bond donors (Lipinski definition) is 2. The van der Waals surface area contributed by atoms with Gasteiger partial charge in [0.1, 0.15) is 5.75 Å². The van der Waals surface area contributed by atoms with Crippen LogP contribution in [0.1, 0.15) is 37.0 Å². The summed E-state index contributed by atoms with van der Waals surface area (Å²) in [6, 6.07) is 5.77. The molecule has 1 atom stereocenters. The molecule has 0 saturated heterocycles. The molecule has 0 radical (unpaired) electrons. The van der Waals surface area contributed by atoms with Crippen molar-refractivity contribution in [2.75, 3.05) is 12.9 Å². The van der Waals surface area contributed by atoms with Crippen LogP contribution >= 0.6 is 12.6 Å². The Morgan fingerprint density at radius 3 is 2.53 bits per heavy atom. The molecule has 1 aromatic rings. The molecule has 0 heterocycles. The summed E-state index contributed by atoms with van der Waals surface area (Å²) in [7, 11) is 1.66. The van der Waals surface area contributed by atoms with E-state index in [0.29, 0.717) is 11.7 Å². The second-order valence-electron chi connectivity index (χ2n) is 3.85. The van der Waals surface area contributed by atoms with E-state index in [4.69, 9.17) is 4.74 Å². The lowest BCUT2D eigenvalue weighted by atomic mass is 9.98. The Labute approximate surface area is 96.7 Å². The van der Waals surface area contributed by atoms with Gasteiger partial charge in [0, 0.05) is 5.75 Å². The van der Waals surface area contributed by atoms with Gasteiger partial charge < -0.3 is 9.84 Å². The second kappa shape index (κ2) is 5.42. The first-order valence-corrected chi connectivity index (χ1v) is 5.70. The van der Waals surface area contributed by atoms with Crippen LogP contribution in [0.25, 0.3) is 0 Å². The van der Waals surface area contributed by atoms with Crippen molar-refractivity contribution in [3.63, 3.8) is 0 Å². The molecule has 0 aliphatic rings. The normalized spacial score (nSPS) is 12.9. The van der Waals surface area contributed by atoms with Crippen LogP contribution in [-0.4, -0.2) is 18.0 Å². The zero-order valence-electron chi connectivity index (χ0n) is 9.40. The van der Waals surface area contributed by atoms with Crippen LogP contribution in [0.2, 0.25) is 0 Å². The van der Waals surface area contributed by atoms with E-state index in [1.807, 2.05) is 18.2 Å². The maximum Gasteiger partial charge on any atom is 0.122 e. The average molecular weight is 226 g/mol. The summed E-state index contributed by atoms with van der Waals surface area (Å²) >= 11 is 4.08. The van der Waals surface area contributed by atoms with Gasteiger partial charge in [-0.25, -0.2) is 0 Å². The van der Waals surface area contributed by atoms with Crippen LogP contribution < -0.4 is 4.74 Å². The van der Waals surface area contributed by atoms with E-state index in [9.17, 15) is 5.11 Å². The lowest BCUT2D eigenvalue weighted by Crippen LogP contribution is -2.02. The zero-order valence-corrected chi connectivity index (χ0v) is 10.3. The fourth-order valence-electron chi connectivity index (χ4n) is 1.52. The van der Waals surface area contributed by atoms with Crippen molar-refractivity contribution < 1.29 is 9.84 Å². The predicted molar refractivity (Wildman–Crippen MR) is 65.9 cm³/mol. The molecule has 0 amide bonds. The van der Waals surface area contributed by atoms with E-state index in [0.717, 1.165) is 16.9 Å². The molecule has 0 aliphatic heterocycles. The number of ether oxygens (including phenoxy) is 1. The third-order valence-electron chi connectivity index (χ3n) is 2.43. The van der Waals surface area contributed by atoms with Gasteiger partial charge in [0.2, 0.25) is 0 Å². The monoisotopic (exact) mass is 226 g/mol. The first-order chi connectivity index (χ1) is 7.10.